The van der Waals surface area contributed by atoms with Crippen molar-refractivity contribution >= 4 is 5.78 Å². The van der Waals surface area contributed by atoms with Crippen molar-refractivity contribution in [3.05, 3.63) is 0 Å². The Kier molecular flexibility index (Phi) is 7.13. The minimum absolute atomic E-state index is 0.0179. The van der Waals surface area contributed by atoms with Crippen LogP contribution in [-0.4, -0.2) is 28.8 Å². The summed E-state index contributed by atoms with van der Waals surface area (Å²) in [7, 11) is 0. The first-order chi connectivity index (χ1) is 10.8. The Morgan fingerprint density at radius 3 is 2.00 bits per heavy atom. The van der Waals surface area contributed by atoms with Crippen LogP contribution in [0.3, 0.4) is 0 Å². The number of likely N-dealkylation sites (tertiary alicyclic amines) is 1. The third-order valence-electron chi connectivity index (χ3n) is 7.55. The maximum Gasteiger partial charge on any atom is 0.146 e. The number of hydrogen-bond acceptors (Lipinski definition) is 2. The van der Waals surface area contributed by atoms with Gasteiger partial charge in [-0.1, -0.05) is 61.3 Å². The van der Waals surface area contributed by atoms with Crippen LogP contribution in [0.5, 0.6) is 0 Å². The van der Waals surface area contributed by atoms with Crippen molar-refractivity contribution in [2.75, 3.05) is 6.54 Å². The summed E-state index contributed by atoms with van der Waals surface area (Å²) >= 11 is 0. The van der Waals surface area contributed by atoms with Gasteiger partial charge in [0, 0.05) is 12.1 Å². The van der Waals surface area contributed by atoms with Crippen molar-refractivity contribution in [1.29, 1.82) is 0 Å². The smallest absolute Gasteiger partial charge is 0.146 e. The van der Waals surface area contributed by atoms with E-state index in [1.807, 2.05) is 0 Å². The van der Waals surface area contributed by atoms with E-state index in [0.717, 1.165) is 18.9 Å². The van der Waals surface area contributed by atoms with Gasteiger partial charge in [-0.25, -0.2) is 0 Å². The van der Waals surface area contributed by atoms with E-state index in [1.54, 1.807) is 6.92 Å². The second-order valence-electron chi connectivity index (χ2n) is 10.2. The number of ketones is 1. The average molecular weight is 338 g/mol. The zero-order valence-electron chi connectivity index (χ0n) is 18.1. The number of rotatable bonds is 8. The highest BCUT2D eigenvalue weighted by molar-refractivity contribution is 5.82. The summed E-state index contributed by atoms with van der Waals surface area (Å²) in [4.78, 5) is 14.9. The maximum absolute atomic E-state index is 12.4. The second kappa shape index (κ2) is 7.89. The average Bonchev–Trinajstić information content (AvgIpc) is 2.90. The highest BCUT2D eigenvalue weighted by atomic mass is 16.1. The Hall–Kier alpha value is -0.370. The third kappa shape index (κ3) is 4.42. The molecule has 0 saturated carbocycles. The molecule has 0 amide bonds. The molecule has 0 aromatic rings. The topological polar surface area (TPSA) is 20.3 Å². The highest BCUT2D eigenvalue weighted by Gasteiger charge is 2.50. The fourth-order valence-electron chi connectivity index (χ4n) is 4.19. The Bertz CT molecular complexity index is 422. The van der Waals surface area contributed by atoms with Gasteiger partial charge in [0.05, 0.1) is 6.04 Å². The van der Waals surface area contributed by atoms with E-state index >= 15 is 0 Å². The first-order valence-electron chi connectivity index (χ1n) is 10.1. The molecule has 1 rings (SSSR count). The van der Waals surface area contributed by atoms with Crippen molar-refractivity contribution in [2.45, 2.75) is 100 Å². The lowest BCUT2D eigenvalue weighted by molar-refractivity contribution is -0.125. The van der Waals surface area contributed by atoms with Crippen LogP contribution in [0.2, 0.25) is 0 Å². The van der Waals surface area contributed by atoms with Gasteiger partial charge in [0.15, 0.2) is 0 Å². The van der Waals surface area contributed by atoms with Gasteiger partial charge < -0.3 is 0 Å². The Balaban J connectivity index is 2.99. The summed E-state index contributed by atoms with van der Waals surface area (Å²) < 4.78 is 0. The quantitative estimate of drug-likeness (QED) is 0.558. The minimum atomic E-state index is 0.0179. The fourth-order valence-corrected chi connectivity index (χ4v) is 4.19. The minimum Gasteiger partial charge on any atom is -0.298 e. The molecular weight excluding hydrogens is 294 g/mol. The molecule has 0 bridgehead atoms. The molecule has 3 unspecified atom stereocenters. The van der Waals surface area contributed by atoms with Gasteiger partial charge in [-0.05, 0) is 56.3 Å². The van der Waals surface area contributed by atoms with Crippen molar-refractivity contribution in [3.8, 4) is 0 Å². The van der Waals surface area contributed by atoms with E-state index in [2.05, 4.69) is 67.2 Å². The van der Waals surface area contributed by atoms with Gasteiger partial charge in [0.2, 0.25) is 0 Å². The zero-order valence-corrected chi connectivity index (χ0v) is 18.1. The summed E-state index contributed by atoms with van der Waals surface area (Å²) in [6.07, 6.45) is 3.63. The third-order valence-corrected chi connectivity index (χ3v) is 7.55. The normalized spacial score (nSPS) is 24.8. The van der Waals surface area contributed by atoms with Crippen molar-refractivity contribution < 1.29 is 4.79 Å². The van der Waals surface area contributed by atoms with E-state index in [-0.39, 0.29) is 17.0 Å². The van der Waals surface area contributed by atoms with Crippen LogP contribution in [-0.2, 0) is 4.79 Å². The Morgan fingerprint density at radius 1 is 1.04 bits per heavy atom. The van der Waals surface area contributed by atoms with Crippen LogP contribution < -0.4 is 0 Å². The fraction of sp³-hybridized carbons (Fsp3) is 0.955. The van der Waals surface area contributed by atoms with Crippen LogP contribution in [0.1, 0.15) is 88.5 Å². The molecule has 1 saturated heterocycles. The van der Waals surface area contributed by atoms with Crippen LogP contribution in [0.15, 0.2) is 0 Å². The predicted octanol–water partition coefficient (Wildman–Crippen LogP) is 5.80. The predicted molar refractivity (Wildman–Crippen MR) is 105 cm³/mol. The standard InChI is InChI=1S/C22H43NO/c1-15(2)11-12-17(5)19-13-20(18(6)24)23(14-19)22(9,10)21(7,8)16(3)4/h15-17,19-20H,11-14H2,1-10H3. The molecule has 0 spiro atoms. The van der Waals surface area contributed by atoms with E-state index in [1.165, 1.54) is 12.8 Å². The second-order valence-corrected chi connectivity index (χ2v) is 10.2. The molecule has 1 heterocycles. The number of carbonyl (C=O) groups is 1. The van der Waals surface area contributed by atoms with Gasteiger partial charge in [0.1, 0.15) is 5.78 Å². The van der Waals surface area contributed by atoms with Crippen LogP contribution >= 0.6 is 0 Å². The van der Waals surface area contributed by atoms with E-state index in [9.17, 15) is 4.79 Å². The van der Waals surface area contributed by atoms with Gasteiger partial charge in [-0.3, -0.25) is 9.69 Å². The molecular formula is C22H43NO. The van der Waals surface area contributed by atoms with Crippen molar-refractivity contribution in [2.24, 2.45) is 29.1 Å². The van der Waals surface area contributed by atoms with Crippen LogP contribution in [0.25, 0.3) is 0 Å². The molecule has 0 N–H and O–H groups in total. The SMILES string of the molecule is CC(=O)C1CC(C(C)CCC(C)C)CN1C(C)(C)C(C)(C)C(C)C. The number of carbonyl (C=O) groups excluding carboxylic acids is 1. The van der Waals surface area contributed by atoms with Crippen molar-refractivity contribution in [1.82, 2.24) is 4.90 Å². The number of nitrogens with zero attached hydrogens (tertiary/aromatic N) is 1. The molecule has 24 heavy (non-hydrogen) atoms. The van der Waals surface area contributed by atoms with Crippen LogP contribution in [0.4, 0.5) is 0 Å². The molecule has 0 aromatic carbocycles. The number of hydrogen-bond donors (Lipinski definition) is 0. The molecule has 1 aliphatic rings. The van der Waals surface area contributed by atoms with E-state index in [4.69, 9.17) is 0 Å². The molecule has 2 heteroatoms. The monoisotopic (exact) mass is 337 g/mol. The zero-order chi connectivity index (χ0) is 18.9. The van der Waals surface area contributed by atoms with Gasteiger partial charge in [-0.15, -0.1) is 0 Å². The largest absolute Gasteiger partial charge is 0.298 e. The molecule has 1 fully saturated rings. The molecule has 0 aromatic heterocycles. The first-order valence-corrected chi connectivity index (χ1v) is 10.1. The highest BCUT2D eigenvalue weighted by Crippen LogP contribution is 2.46. The lowest BCUT2D eigenvalue weighted by Gasteiger charge is -2.52. The summed E-state index contributed by atoms with van der Waals surface area (Å²) in [5.74, 6) is 3.06. The summed E-state index contributed by atoms with van der Waals surface area (Å²) in [6, 6.07) is 0.101. The first kappa shape index (κ1) is 21.7. The summed E-state index contributed by atoms with van der Waals surface area (Å²) in [6.45, 7) is 23.9. The van der Waals surface area contributed by atoms with Crippen molar-refractivity contribution in [3.63, 3.8) is 0 Å². The molecule has 0 radical (unpaired) electrons. The summed E-state index contributed by atoms with van der Waals surface area (Å²) in [5.41, 5.74) is 0.181. The number of Topliss-reactive ketones (excluding diaryl/α,β-unsaturated/α-hetero) is 1. The molecule has 2 nitrogen and oxygen atoms in total. The lowest BCUT2D eigenvalue weighted by Crippen LogP contribution is -2.58. The van der Waals surface area contributed by atoms with Gasteiger partial charge >= 0.3 is 0 Å². The Labute approximate surface area is 151 Å². The molecule has 3 atom stereocenters. The van der Waals surface area contributed by atoms with Gasteiger partial charge in [0.25, 0.3) is 0 Å². The molecule has 142 valence electrons. The molecule has 0 aliphatic carbocycles. The van der Waals surface area contributed by atoms with E-state index < -0.39 is 0 Å². The lowest BCUT2D eigenvalue weighted by atomic mass is 9.66. The molecule has 1 aliphatic heterocycles. The summed E-state index contributed by atoms with van der Waals surface area (Å²) in [5, 5.41) is 0. The van der Waals surface area contributed by atoms with Gasteiger partial charge in [-0.2, -0.15) is 0 Å². The Morgan fingerprint density at radius 2 is 1.58 bits per heavy atom. The van der Waals surface area contributed by atoms with E-state index in [0.29, 0.717) is 23.5 Å². The van der Waals surface area contributed by atoms with Crippen LogP contribution in [0, 0.1) is 29.1 Å². The maximum atomic E-state index is 12.4.